The Bertz CT molecular complexity index is 781. The summed E-state index contributed by atoms with van der Waals surface area (Å²) in [5.41, 5.74) is 0.421. The minimum absolute atomic E-state index is 0.0202. The highest BCUT2D eigenvalue weighted by atomic mass is 16.6. The van der Waals surface area contributed by atoms with Crippen LogP contribution in [0.2, 0.25) is 0 Å². The van der Waals surface area contributed by atoms with Gasteiger partial charge in [-0.1, -0.05) is 54.6 Å². The summed E-state index contributed by atoms with van der Waals surface area (Å²) in [5.74, 6) is -2.91. The van der Waals surface area contributed by atoms with E-state index in [0.717, 1.165) is 11.1 Å². The molecule has 154 valence electrons. The summed E-state index contributed by atoms with van der Waals surface area (Å²) < 4.78 is 15.2. The van der Waals surface area contributed by atoms with Gasteiger partial charge >= 0.3 is 17.9 Å². The summed E-state index contributed by atoms with van der Waals surface area (Å²) in [7, 11) is 0. The fraction of sp³-hybridized carbons (Fsp3) is 0.348. The maximum Gasteiger partial charge on any atom is 0.335 e. The lowest BCUT2D eigenvalue weighted by atomic mass is 9.81. The van der Waals surface area contributed by atoms with Crippen molar-refractivity contribution in [1.29, 1.82) is 0 Å². The third kappa shape index (κ3) is 5.02. The van der Waals surface area contributed by atoms with E-state index < -0.39 is 23.3 Å². The summed E-state index contributed by atoms with van der Waals surface area (Å²) in [5, 5.41) is 0. The van der Waals surface area contributed by atoms with Gasteiger partial charge < -0.3 is 14.2 Å². The zero-order chi connectivity index (χ0) is 21.3. The van der Waals surface area contributed by atoms with Crippen LogP contribution in [0.15, 0.2) is 54.6 Å². The monoisotopic (exact) mass is 398 g/mol. The van der Waals surface area contributed by atoms with Gasteiger partial charge in [0.2, 0.25) is 0 Å². The fourth-order valence-corrected chi connectivity index (χ4v) is 2.98. The molecular weight excluding hydrogens is 372 g/mol. The molecule has 2 rings (SSSR count). The van der Waals surface area contributed by atoms with E-state index in [1.54, 1.807) is 32.9 Å². The van der Waals surface area contributed by atoms with Crippen molar-refractivity contribution in [2.75, 3.05) is 19.8 Å². The molecule has 0 aliphatic heterocycles. The van der Waals surface area contributed by atoms with Crippen LogP contribution in [0.3, 0.4) is 0 Å². The average Bonchev–Trinajstić information content (AvgIpc) is 2.73. The Balaban J connectivity index is 2.43. The molecule has 2 aromatic carbocycles. The van der Waals surface area contributed by atoms with Gasteiger partial charge in [-0.15, -0.1) is 0 Å². The molecule has 6 nitrogen and oxygen atoms in total. The maximum atomic E-state index is 12.8. The van der Waals surface area contributed by atoms with Crippen LogP contribution in [-0.4, -0.2) is 37.7 Å². The minimum atomic E-state index is -2.20. The van der Waals surface area contributed by atoms with Crippen LogP contribution < -0.4 is 0 Å². The molecule has 0 unspecified atom stereocenters. The van der Waals surface area contributed by atoms with Gasteiger partial charge in [0.05, 0.1) is 19.8 Å². The number of hydrogen-bond donors (Lipinski definition) is 0. The molecule has 0 saturated carbocycles. The Morgan fingerprint density at radius 2 is 1.07 bits per heavy atom. The van der Waals surface area contributed by atoms with Gasteiger partial charge in [-0.25, -0.2) is 0 Å². The third-order valence-corrected chi connectivity index (χ3v) is 4.40. The molecule has 0 spiro atoms. The molecule has 0 aliphatic rings. The van der Waals surface area contributed by atoms with Crippen molar-refractivity contribution < 1.29 is 28.6 Å². The molecule has 0 atom stereocenters. The van der Waals surface area contributed by atoms with E-state index in [9.17, 15) is 14.4 Å². The highest BCUT2D eigenvalue weighted by molar-refractivity contribution is 6.18. The average molecular weight is 398 g/mol. The number of hydrogen-bond acceptors (Lipinski definition) is 6. The Labute approximate surface area is 170 Å². The van der Waals surface area contributed by atoms with Gasteiger partial charge in [0, 0.05) is 6.42 Å². The zero-order valence-electron chi connectivity index (χ0n) is 17.0. The molecule has 0 amide bonds. The van der Waals surface area contributed by atoms with Crippen molar-refractivity contribution in [3.05, 3.63) is 60.2 Å². The van der Waals surface area contributed by atoms with E-state index in [4.69, 9.17) is 14.2 Å². The molecule has 29 heavy (non-hydrogen) atoms. The molecule has 0 heterocycles. The Morgan fingerprint density at radius 3 is 1.48 bits per heavy atom. The number of rotatable bonds is 9. The molecule has 6 heteroatoms. The first-order chi connectivity index (χ1) is 14.0. The number of benzene rings is 2. The molecule has 0 fully saturated rings. The van der Waals surface area contributed by atoms with Crippen molar-refractivity contribution in [3.63, 3.8) is 0 Å². The second-order valence-electron chi connectivity index (χ2n) is 6.31. The first-order valence-corrected chi connectivity index (χ1v) is 9.65. The van der Waals surface area contributed by atoms with Gasteiger partial charge in [-0.05, 0) is 37.5 Å². The zero-order valence-corrected chi connectivity index (χ0v) is 17.0. The van der Waals surface area contributed by atoms with Crippen LogP contribution in [0.5, 0.6) is 0 Å². The number of esters is 3. The lowest BCUT2D eigenvalue weighted by molar-refractivity contribution is -0.183. The molecule has 0 radical (unpaired) electrons. The van der Waals surface area contributed by atoms with E-state index in [1.165, 1.54) is 0 Å². The van der Waals surface area contributed by atoms with E-state index in [-0.39, 0.29) is 26.2 Å². The van der Waals surface area contributed by atoms with E-state index in [1.807, 2.05) is 42.5 Å². The van der Waals surface area contributed by atoms with Crippen LogP contribution in [0, 0.1) is 5.41 Å². The van der Waals surface area contributed by atoms with Crippen LogP contribution in [0.1, 0.15) is 26.3 Å². The predicted octanol–water partition coefficient (Wildman–Crippen LogP) is 3.57. The van der Waals surface area contributed by atoms with Crippen LogP contribution in [0.25, 0.3) is 11.1 Å². The van der Waals surface area contributed by atoms with Crippen LogP contribution in [-0.2, 0) is 35.0 Å². The summed E-state index contributed by atoms with van der Waals surface area (Å²) in [6.07, 6.45) is -0.210. The largest absolute Gasteiger partial charge is 0.465 e. The first kappa shape index (κ1) is 22.1. The molecule has 0 N–H and O–H groups in total. The molecule has 0 aromatic heterocycles. The van der Waals surface area contributed by atoms with Gasteiger partial charge in [-0.3, -0.25) is 14.4 Å². The van der Waals surface area contributed by atoms with Crippen molar-refractivity contribution in [2.24, 2.45) is 5.41 Å². The SMILES string of the molecule is CCOC(=O)C(Cc1ccc(-c2ccccc2)cc1)(C(=O)OCC)C(=O)OCC. The Morgan fingerprint density at radius 1 is 0.655 bits per heavy atom. The minimum Gasteiger partial charge on any atom is -0.465 e. The van der Waals surface area contributed by atoms with Crippen molar-refractivity contribution in [1.82, 2.24) is 0 Å². The topological polar surface area (TPSA) is 78.9 Å². The van der Waals surface area contributed by atoms with Gasteiger partial charge in [0.1, 0.15) is 0 Å². The van der Waals surface area contributed by atoms with Crippen LogP contribution in [0.4, 0.5) is 0 Å². The predicted molar refractivity (Wildman–Crippen MR) is 108 cm³/mol. The molecule has 0 saturated heterocycles. The molecule has 2 aromatic rings. The Kier molecular flexibility index (Phi) is 7.95. The third-order valence-electron chi connectivity index (χ3n) is 4.40. The first-order valence-electron chi connectivity index (χ1n) is 9.65. The summed E-state index contributed by atoms with van der Waals surface area (Å²) >= 11 is 0. The summed E-state index contributed by atoms with van der Waals surface area (Å²) in [6, 6.07) is 17.1. The van der Waals surface area contributed by atoms with E-state index in [2.05, 4.69) is 0 Å². The quantitative estimate of drug-likeness (QED) is 0.365. The number of carbonyl (C=O) groups is 3. The Hall–Kier alpha value is -3.15. The lowest BCUT2D eigenvalue weighted by Gasteiger charge is -2.27. The second kappa shape index (κ2) is 10.4. The molecule has 0 bridgehead atoms. The number of ether oxygens (including phenoxy) is 3. The van der Waals surface area contributed by atoms with Gasteiger partial charge in [0.25, 0.3) is 5.41 Å². The normalized spacial score (nSPS) is 10.9. The maximum absolute atomic E-state index is 12.8. The summed E-state index contributed by atoms with van der Waals surface area (Å²) in [6.45, 7) is 4.87. The van der Waals surface area contributed by atoms with Crippen molar-refractivity contribution >= 4 is 17.9 Å². The number of carbonyl (C=O) groups excluding carboxylic acids is 3. The lowest BCUT2D eigenvalue weighted by Crippen LogP contribution is -2.51. The van der Waals surface area contributed by atoms with E-state index >= 15 is 0 Å². The van der Waals surface area contributed by atoms with Crippen molar-refractivity contribution in [2.45, 2.75) is 27.2 Å². The fourth-order valence-electron chi connectivity index (χ4n) is 2.98. The smallest absolute Gasteiger partial charge is 0.335 e. The standard InChI is InChI=1S/C23H26O6/c1-4-27-20(24)23(21(25)28-5-2,22(26)29-6-3)16-17-12-14-19(15-13-17)18-10-8-7-9-11-18/h7-15H,4-6,16H2,1-3H3. The van der Waals surface area contributed by atoms with Crippen molar-refractivity contribution in [3.8, 4) is 11.1 Å². The van der Waals surface area contributed by atoms with Gasteiger partial charge in [0.15, 0.2) is 0 Å². The molecular formula is C23H26O6. The highest BCUT2D eigenvalue weighted by Crippen LogP contribution is 2.30. The van der Waals surface area contributed by atoms with Gasteiger partial charge in [-0.2, -0.15) is 0 Å². The summed E-state index contributed by atoms with van der Waals surface area (Å²) in [4.78, 5) is 38.3. The second-order valence-corrected chi connectivity index (χ2v) is 6.31. The van der Waals surface area contributed by atoms with Crippen LogP contribution >= 0.6 is 0 Å². The highest BCUT2D eigenvalue weighted by Gasteiger charge is 2.57. The molecule has 0 aliphatic carbocycles. The van der Waals surface area contributed by atoms with E-state index in [0.29, 0.717) is 5.56 Å².